The van der Waals surface area contributed by atoms with Crippen molar-refractivity contribution in [3.05, 3.63) is 48.2 Å². The highest BCUT2D eigenvalue weighted by molar-refractivity contribution is 8.00. The van der Waals surface area contributed by atoms with Crippen LogP contribution in [-0.4, -0.2) is 27.4 Å². The Bertz CT molecular complexity index is 994. The Kier molecular flexibility index (Phi) is 4.83. The predicted octanol–water partition coefficient (Wildman–Crippen LogP) is 4.53. The number of thioether (sulfide) groups is 1. The third-order valence-corrected chi connectivity index (χ3v) is 5.90. The number of fused-ring (bicyclic) bond motifs is 1. The molecule has 0 aliphatic heterocycles. The quantitative estimate of drug-likeness (QED) is 0.502. The van der Waals surface area contributed by atoms with E-state index in [2.05, 4.69) is 35.3 Å². The van der Waals surface area contributed by atoms with Gasteiger partial charge < -0.3 is 10.5 Å². The first-order valence-corrected chi connectivity index (χ1v) is 10.2. The topological polar surface area (TPSA) is 70.1 Å². The maximum atomic E-state index is 12.0. The van der Waals surface area contributed by atoms with Gasteiger partial charge in [-0.2, -0.15) is 0 Å². The van der Waals surface area contributed by atoms with E-state index in [-0.39, 0.29) is 11.2 Å². The van der Waals surface area contributed by atoms with E-state index in [0.29, 0.717) is 23.5 Å². The molecule has 0 spiro atoms. The van der Waals surface area contributed by atoms with Gasteiger partial charge in [-0.25, -0.2) is 4.98 Å². The number of imidazole rings is 1. The molecule has 1 aliphatic rings. The van der Waals surface area contributed by atoms with Crippen LogP contribution in [0.3, 0.4) is 0 Å². The van der Waals surface area contributed by atoms with E-state index in [1.54, 1.807) is 6.20 Å². The van der Waals surface area contributed by atoms with Crippen LogP contribution in [-0.2, 0) is 9.53 Å². The molecule has 2 N–H and O–H groups in total. The van der Waals surface area contributed by atoms with Crippen LogP contribution in [0.4, 0.5) is 5.82 Å². The van der Waals surface area contributed by atoms with Crippen LogP contribution < -0.4 is 5.73 Å². The molecule has 1 atom stereocenters. The largest absolute Gasteiger partial charge is 0.465 e. The first kappa shape index (κ1) is 17.9. The number of nitrogens with zero attached hydrogens (tertiary/aromatic N) is 2. The summed E-state index contributed by atoms with van der Waals surface area (Å²) < 4.78 is 7.05. The Hall–Kier alpha value is -2.47. The van der Waals surface area contributed by atoms with Gasteiger partial charge in [-0.1, -0.05) is 42.1 Å². The van der Waals surface area contributed by atoms with E-state index in [4.69, 9.17) is 10.5 Å². The van der Waals surface area contributed by atoms with Crippen molar-refractivity contribution in [1.29, 1.82) is 0 Å². The first-order chi connectivity index (χ1) is 13.1. The normalized spacial score (nSPS) is 15.0. The van der Waals surface area contributed by atoms with Crippen molar-refractivity contribution in [3.63, 3.8) is 0 Å². The van der Waals surface area contributed by atoms with E-state index < -0.39 is 0 Å². The highest BCUT2D eigenvalue weighted by Gasteiger charge is 2.26. The second-order valence-electron chi connectivity index (χ2n) is 6.81. The molecule has 0 radical (unpaired) electrons. The minimum atomic E-state index is -0.359. The Labute approximate surface area is 162 Å². The second-order valence-corrected chi connectivity index (χ2v) is 8.11. The summed E-state index contributed by atoms with van der Waals surface area (Å²) in [6, 6.07) is 12.7. The summed E-state index contributed by atoms with van der Waals surface area (Å²) in [6.07, 6.45) is 4.16. The molecule has 0 bridgehead atoms. The number of esters is 1. The maximum Gasteiger partial charge on any atom is 0.319 e. The molecule has 0 amide bonds. The fourth-order valence-corrected chi connectivity index (χ4v) is 4.29. The summed E-state index contributed by atoms with van der Waals surface area (Å²) in [5.74, 6) is 0.976. The van der Waals surface area contributed by atoms with Gasteiger partial charge in [0.1, 0.15) is 11.1 Å². The van der Waals surface area contributed by atoms with Crippen LogP contribution in [0.25, 0.3) is 16.5 Å². The molecule has 1 unspecified atom stereocenters. The Morgan fingerprint density at radius 1 is 1.30 bits per heavy atom. The highest BCUT2D eigenvalue weighted by atomic mass is 32.2. The molecule has 1 fully saturated rings. The summed E-state index contributed by atoms with van der Waals surface area (Å²) in [7, 11) is 0. The van der Waals surface area contributed by atoms with Crippen molar-refractivity contribution in [2.75, 3.05) is 12.3 Å². The lowest BCUT2D eigenvalue weighted by Gasteiger charge is -2.16. The second kappa shape index (κ2) is 7.27. The Morgan fingerprint density at radius 2 is 2.04 bits per heavy atom. The van der Waals surface area contributed by atoms with Crippen LogP contribution in [0, 0.1) is 0 Å². The monoisotopic (exact) mass is 381 g/mol. The van der Waals surface area contributed by atoms with Gasteiger partial charge in [-0.05, 0) is 49.6 Å². The van der Waals surface area contributed by atoms with Gasteiger partial charge in [0, 0.05) is 5.39 Å². The Balaban J connectivity index is 1.77. The van der Waals surface area contributed by atoms with Crippen LogP contribution in [0.2, 0.25) is 0 Å². The van der Waals surface area contributed by atoms with Gasteiger partial charge in [-0.15, -0.1) is 0 Å². The van der Waals surface area contributed by atoms with E-state index in [9.17, 15) is 4.79 Å². The SMILES string of the molecule is CCOC(=O)C(C)Sc1ncc(N)n1-c1ccc(C2CC2)c2ccccc12. The van der Waals surface area contributed by atoms with Crippen molar-refractivity contribution in [2.45, 2.75) is 43.0 Å². The molecule has 1 aromatic heterocycles. The van der Waals surface area contributed by atoms with Crippen molar-refractivity contribution < 1.29 is 9.53 Å². The summed E-state index contributed by atoms with van der Waals surface area (Å²) in [4.78, 5) is 16.5. The molecule has 1 saturated carbocycles. The number of hydrogen-bond donors (Lipinski definition) is 1. The molecule has 4 rings (SSSR count). The van der Waals surface area contributed by atoms with E-state index in [1.807, 2.05) is 24.5 Å². The molecule has 27 heavy (non-hydrogen) atoms. The predicted molar refractivity (Wildman–Crippen MR) is 109 cm³/mol. The highest BCUT2D eigenvalue weighted by Crippen LogP contribution is 2.44. The number of carbonyl (C=O) groups excluding carboxylic acids is 1. The third kappa shape index (κ3) is 3.41. The lowest BCUT2D eigenvalue weighted by Crippen LogP contribution is -2.17. The number of anilines is 1. The number of ether oxygens (including phenoxy) is 1. The van der Waals surface area contributed by atoms with Crippen LogP contribution in [0.1, 0.15) is 38.2 Å². The van der Waals surface area contributed by atoms with Crippen molar-refractivity contribution in [2.24, 2.45) is 0 Å². The number of nitrogens with two attached hydrogens (primary N) is 1. The Morgan fingerprint density at radius 3 is 2.74 bits per heavy atom. The molecule has 1 heterocycles. The smallest absolute Gasteiger partial charge is 0.319 e. The summed E-state index contributed by atoms with van der Waals surface area (Å²) in [6.45, 7) is 4.00. The van der Waals surface area contributed by atoms with Gasteiger partial charge in [0.15, 0.2) is 5.16 Å². The number of nitrogen functional groups attached to an aromatic ring is 1. The molecule has 6 heteroatoms. The van der Waals surface area contributed by atoms with Crippen molar-refractivity contribution >= 4 is 34.3 Å². The lowest BCUT2D eigenvalue weighted by atomic mass is 9.99. The summed E-state index contributed by atoms with van der Waals surface area (Å²) in [5.41, 5.74) is 8.65. The van der Waals surface area contributed by atoms with E-state index >= 15 is 0 Å². The lowest BCUT2D eigenvalue weighted by molar-refractivity contribution is -0.142. The number of rotatable bonds is 6. The molecule has 140 valence electrons. The van der Waals surface area contributed by atoms with Crippen LogP contribution in [0.5, 0.6) is 0 Å². The number of aromatic nitrogens is 2. The van der Waals surface area contributed by atoms with Gasteiger partial charge in [-0.3, -0.25) is 9.36 Å². The molecular formula is C21H23N3O2S. The number of hydrogen-bond acceptors (Lipinski definition) is 5. The fourth-order valence-electron chi connectivity index (χ4n) is 3.39. The van der Waals surface area contributed by atoms with Gasteiger partial charge in [0.2, 0.25) is 0 Å². The minimum absolute atomic E-state index is 0.246. The maximum absolute atomic E-state index is 12.0. The third-order valence-electron chi connectivity index (χ3n) is 4.85. The van der Waals surface area contributed by atoms with Gasteiger partial charge in [0.05, 0.1) is 18.5 Å². The standard InChI is InChI=1S/C21H23N3O2S/c1-3-26-20(25)13(2)27-21-23-12-19(22)24(21)18-11-10-15(14-8-9-14)16-6-4-5-7-17(16)18/h4-7,10-14H,3,8-9,22H2,1-2H3. The molecule has 0 saturated heterocycles. The number of benzene rings is 2. The van der Waals surface area contributed by atoms with Gasteiger partial charge >= 0.3 is 5.97 Å². The molecule has 5 nitrogen and oxygen atoms in total. The summed E-state index contributed by atoms with van der Waals surface area (Å²) in [5, 5.41) is 2.75. The fraction of sp³-hybridized carbons (Fsp3) is 0.333. The van der Waals surface area contributed by atoms with Crippen molar-refractivity contribution in [3.8, 4) is 5.69 Å². The zero-order valence-corrected chi connectivity index (χ0v) is 16.3. The zero-order valence-electron chi connectivity index (χ0n) is 15.5. The average molecular weight is 382 g/mol. The summed E-state index contributed by atoms with van der Waals surface area (Å²) >= 11 is 1.36. The minimum Gasteiger partial charge on any atom is -0.465 e. The average Bonchev–Trinajstić information content (AvgIpc) is 3.45. The number of carbonyl (C=O) groups is 1. The first-order valence-electron chi connectivity index (χ1n) is 9.28. The van der Waals surface area contributed by atoms with Gasteiger partial charge in [0.25, 0.3) is 0 Å². The zero-order chi connectivity index (χ0) is 19.0. The van der Waals surface area contributed by atoms with E-state index in [1.165, 1.54) is 35.6 Å². The van der Waals surface area contributed by atoms with E-state index in [0.717, 1.165) is 11.1 Å². The molecular weight excluding hydrogens is 358 g/mol. The van der Waals surface area contributed by atoms with Crippen LogP contribution >= 0.6 is 11.8 Å². The molecule has 2 aromatic carbocycles. The van der Waals surface area contributed by atoms with Crippen molar-refractivity contribution in [1.82, 2.24) is 9.55 Å². The van der Waals surface area contributed by atoms with Crippen LogP contribution in [0.15, 0.2) is 47.8 Å². The molecule has 1 aliphatic carbocycles. The molecule has 3 aromatic rings.